The van der Waals surface area contributed by atoms with Gasteiger partial charge in [0.05, 0.1) is 31.2 Å². The Kier molecular flexibility index (Phi) is 7.58. The van der Waals surface area contributed by atoms with Crippen LogP contribution in [0.5, 0.6) is 11.5 Å². The fourth-order valence-electron chi connectivity index (χ4n) is 5.22. The van der Waals surface area contributed by atoms with Crippen molar-refractivity contribution in [3.8, 4) is 11.5 Å². The number of ketones is 1. The molecule has 3 atom stereocenters. The van der Waals surface area contributed by atoms with Gasteiger partial charge in [0.25, 0.3) is 5.91 Å². The van der Waals surface area contributed by atoms with E-state index in [9.17, 15) is 14.7 Å². The predicted molar refractivity (Wildman–Crippen MR) is 123 cm³/mol. The molecule has 0 saturated heterocycles. The summed E-state index contributed by atoms with van der Waals surface area (Å²) >= 11 is 0. The van der Waals surface area contributed by atoms with Crippen LogP contribution in [0.1, 0.15) is 69.9 Å². The number of fused-ring (bicyclic) bond motifs is 1. The van der Waals surface area contributed by atoms with Crippen LogP contribution in [-0.4, -0.2) is 54.7 Å². The summed E-state index contributed by atoms with van der Waals surface area (Å²) in [5.74, 6) is 1.01. The number of benzene rings is 1. The Bertz CT molecular complexity index is 910. The molecule has 1 N–H and O–H groups in total. The summed E-state index contributed by atoms with van der Waals surface area (Å²) in [6, 6.07) is 5.07. The third-order valence-electron chi connectivity index (χ3n) is 6.92. The van der Waals surface area contributed by atoms with Crippen molar-refractivity contribution < 1.29 is 28.9 Å². The molecule has 0 spiro atoms. The molecule has 1 aromatic carbocycles. The number of hydrogen-bond acceptors (Lipinski definition) is 6. The quantitative estimate of drug-likeness (QED) is 0.536. The highest BCUT2D eigenvalue weighted by Crippen LogP contribution is 2.47. The lowest BCUT2D eigenvalue weighted by atomic mass is 9.77. The van der Waals surface area contributed by atoms with E-state index in [1.165, 1.54) is 0 Å². The number of carbonyl (C=O) groups is 2. The second-order valence-corrected chi connectivity index (χ2v) is 9.10. The van der Waals surface area contributed by atoms with Gasteiger partial charge in [-0.05, 0) is 49.8 Å². The number of aliphatic hydroxyl groups is 1. The first-order valence-corrected chi connectivity index (χ1v) is 12.3. The van der Waals surface area contributed by atoms with Crippen LogP contribution < -0.4 is 9.47 Å². The van der Waals surface area contributed by atoms with Gasteiger partial charge in [0.2, 0.25) is 0 Å². The molecule has 7 heteroatoms. The molecule has 2 aliphatic heterocycles. The number of aliphatic hydroxyl groups excluding tert-OH is 1. The molecule has 0 bridgehead atoms. The third-order valence-corrected chi connectivity index (χ3v) is 6.92. The summed E-state index contributed by atoms with van der Waals surface area (Å²) in [4.78, 5) is 28.6. The van der Waals surface area contributed by atoms with Crippen molar-refractivity contribution >= 4 is 11.7 Å². The van der Waals surface area contributed by atoms with E-state index >= 15 is 0 Å². The van der Waals surface area contributed by atoms with Crippen LogP contribution in [0.25, 0.3) is 0 Å². The van der Waals surface area contributed by atoms with E-state index in [0.29, 0.717) is 36.6 Å². The molecule has 1 amide bonds. The number of unbranched alkanes of at least 4 members (excludes halogenated alkanes) is 2. The molecule has 180 valence electrons. The summed E-state index contributed by atoms with van der Waals surface area (Å²) in [5, 5.41) is 9.40. The highest BCUT2D eigenvalue weighted by atomic mass is 16.5. The van der Waals surface area contributed by atoms with Crippen molar-refractivity contribution in [2.24, 2.45) is 5.92 Å². The SMILES string of the molecule is CCCCCOc1ccc(C2C3=C(OC4CCCCC4C3=O)C(=O)N2CCCO)cc1OC. The van der Waals surface area contributed by atoms with Crippen molar-refractivity contribution in [2.75, 3.05) is 26.9 Å². The fraction of sp³-hybridized carbons (Fsp3) is 0.615. The molecular formula is C26H35NO6. The Hall–Kier alpha value is -2.54. The average molecular weight is 458 g/mol. The molecule has 2 heterocycles. The van der Waals surface area contributed by atoms with Crippen LogP contribution in [0, 0.1) is 5.92 Å². The molecule has 3 aliphatic rings. The number of rotatable bonds is 10. The molecular weight excluding hydrogens is 422 g/mol. The Morgan fingerprint density at radius 1 is 1.12 bits per heavy atom. The van der Waals surface area contributed by atoms with Crippen molar-refractivity contribution in [2.45, 2.75) is 70.4 Å². The number of hydrogen-bond donors (Lipinski definition) is 1. The second kappa shape index (κ2) is 10.6. The van der Waals surface area contributed by atoms with E-state index in [1.807, 2.05) is 18.2 Å². The van der Waals surface area contributed by atoms with Crippen LogP contribution in [0.2, 0.25) is 0 Å². The number of ether oxygens (including phenoxy) is 3. The van der Waals surface area contributed by atoms with Gasteiger partial charge < -0.3 is 24.2 Å². The zero-order valence-electron chi connectivity index (χ0n) is 19.7. The van der Waals surface area contributed by atoms with Crippen LogP contribution >= 0.6 is 0 Å². The minimum atomic E-state index is -0.544. The molecule has 1 aromatic rings. The van der Waals surface area contributed by atoms with Gasteiger partial charge in [-0.15, -0.1) is 0 Å². The average Bonchev–Trinajstić information content (AvgIpc) is 3.12. The minimum absolute atomic E-state index is 0.0321. The first kappa shape index (κ1) is 23.6. The lowest BCUT2D eigenvalue weighted by molar-refractivity contribution is -0.135. The number of nitrogens with zero attached hydrogens (tertiary/aromatic N) is 1. The third kappa shape index (κ3) is 4.60. The number of methoxy groups -OCH3 is 1. The zero-order valence-corrected chi connectivity index (χ0v) is 19.7. The molecule has 33 heavy (non-hydrogen) atoms. The van der Waals surface area contributed by atoms with Gasteiger partial charge in [0.1, 0.15) is 6.10 Å². The van der Waals surface area contributed by atoms with E-state index in [1.54, 1.807) is 12.0 Å². The van der Waals surface area contributed by atoms with Crippen molar-refractivity contribution in [1.29, 1.82) is 0 Å². The lowest BCUT2D eigenvalue weighted by Gasteiger charge is -2.35. The molecule has 1 saturated carbocycles. The minimum Gasteiger partial charge on any atom is -0.493 e. The van der Waals surface area contributed by atoms with Gasteiger partial charge in [-0.3, -0.25) is 9.59 Å². The topological polar surface area (TPSA) is 85.3 Å². The Labute approximate surface area is 195 Å². The standard InChI is InChI=1S/C26H35NO6/c1-3-4-7-15-32-20-12-11-17(16-21(20)31-2)23-22-24(29)18-9-5-6-10-19(18)33-25(22)26(30)27(23)13-8-14-28/h11-12,16,18-19,23,28H,3-10,13-15H2,1-2H3. The number of amides is 1. The normalized spacial score (nSPS) is 24.5. The predicted octanol–water partition coefficient (Wildman–Crippen LogP) is 3.94. The zero-order chi connectivity index (χ0) is 23.4. The van der Waals surface area contributed by atoms with Crippen LogP contribution in [-0.2, 0) is 14.3 Å². The maximum absolute atomic E-state index is 13.6. The van der Waals surface area contributed by atoms with Gasteiger partial charge in [-0.25, -0.2) is 0 Å². The molecule has 7 nitrogen and oxygen atoms in total. The van der Waals surface area contributed by atoms with Crippen LogP contribution in [0.3, 0.4) is 0 Å². The van der Waals surface area contributed by atoms with Crippen molar-refractivity contribution in [3.05, 3.63) is 35.1 Å². The molecule has 1 aliphatic carbocycles. The molecule has 3 unspecified atom stereocenters. The largest absolute Gasteiger partial charge is 0.493 e. The fourth-order valence-corrected chi connectivity index (χ4v) is 5.22. The van der Waals surface area contributed by atoms with Gasteiger partial charge in [0.15, 0.2) is 23.0 Å². The van der Waals surface area contributed by atoms with E-state index in [0.717, 1.165) is 50.5 Å². The molecule has 4 rings (SSSR count). The first-order valence-electron chi connectivity index (χ1n) is 12.3. The van der Waals surface area contributed by atoms with Gasteiger partial charge >= 0.3 is 0 Å². The number of carbonyl (C=O) groups excluding carboxylic acids is 2. The van der Waals surface area contributed by atoms with E-state index < -0.39 is 6.04 Å². The van der Waals surface area contributed by atoms with Crippen molar-refractivity contribution in [1.82, 2.24) is 4.90 Å². The maximum Gasteiger partial charge on any atom is 0.290 e. The Balaban J connectivity index is 1.67. The second-order valence-electron chi connectivity index (χ2n) is 9.10. The lowest BCUT2D eigenvalue weighted by Crippen LogP contribution is -2.39. The van der Waals surface area contributed by atoms with Crippen LogP contribution in [0.4, 0.5) is 0 Å². The molecule has 0 aromatic heterocycles. The summed E-state index contributed by atoms with van der Waals surface area (Å²) in [7, 11) is 1.59. The molecule has 1 fully saturated rings. The highest BCUT2D eigenvalue weighted by molar-refractivity contribution is 6.11. The summed E-state index contributed by atoms with van der Waals surface area (Å²) in [6.07, 6.45) is 7.03. The molecule has 0 radical (unpaired) electrons. The van der Waals surface area contributed by atoms with E-state index in [-0.39, 0.29) is 36.1 Å². The van der Waals surface area contributed by atoms with Gasteiger partial charge in [-0.1, -0.05) is 32.3 Å². The smallest absolute Gasteiger partial charge is 0.290 e. The summed E-state index contributed by atoms with van der Waals surface area (Å²) in [6.45, 7) is 3.07. The Morgan fingerprint density at radius 3 is 2.70 bits per heavy atom. The van der Waals surface area contributed by atoms with Crippen molar-refractivity contribution in [3.63, 3.8) is 0 Å². The monoisotopic (exact) mass is 457 g/mol. The maximum atomic E-state index is 13.6. The van der Waals surface area contributed by atoms with Crippen LogP contribution in [0.15, 0.2) is 29.5 Å². The van der Waals surface area contributed by atoms with Gasteiger partial charge in [-0.2, -0.15) is 0 Å². The number of Topliss-reactive ketones (excluding diaryl/α,β-unsaturated/α-hetero) is 1. The first-order chi connectivity index (χ1) is 16.1. The Morgan fingerprint density at radius 2 is 1.94 bits per heavy atom. The summed E-state index contributed by atoms with van der Waals surface area (Å²) < 4.78 is 17.7. The highest BCUT2D eigenvalue weighted by Gasteiger charge is 2.51. The van der Waals surface area contributed by atoms with E-state index in [2.05, 4.69) is 6.92 Å². The van der Waals surface area contributed by atoms with Gasteiger partial charge in [0, 0.05) is 13.2 Å². The summed E-state index contributed by atoms with van der Waals surface area (Å²) in [5.41, 5.74) is 1.25. The van der Waals surface area contributed by atoms with E-state index in [4.69, 9.17) is 14.2 Å².